The number of aliphatic hydroxyl groups excluding tert-OH is 1. The highest BCUT2D eigenvalue weighted by molar-refractivity contribution is 7.47. The highest BCUT2D eigenvalue weighted by Crippen LogP contribution is 2.45. The van der Waals surface area contributed by atoms with Gasteiger partial charge in [-0.25, -0.2) is 9.13 Å². The second-order valence-corrected chi connectivity index (χ2v) is 28.7. The number of phosphoric acid groups is 2. The molecule has 17 nitrogen and oxygen atoms in total. The third-order valence-corrected chi connectivity index (χ3v) is 18.2. The molecule has 89 heavy (non-hydrogen) atoms. The van der Waals surface area contributed by atoms with Crippen LogP contribution in [0.25, 0.3) is 0 Å². The van der Waals surface area contributed by atoms with Gasteiger partial charge in [0, 0.05) is 25.7 Å². The molecule has 0 aliphatic heterocycles. The Morgan fingerprint density at radius 1 is 0.303 bits per heavy atom. The summed E-state index contributed by atoms with van der Waals surface area (Å²) in [5.41, 5.74) is 0. The molecular weight excluding hydrogens is 1170 g/mol. The van der Waals surface area contributed by atoms with Crippen molar-refractivity contribution < 1.29 is 80.2 Å². The number of phosphoric ester groups is 2. The van der Waals surface area contributed by atoms with Gasteiger partial charge in [0.2, 0.25) is 0 Å². The van der Waals surface area contributed by atoms with Gasteiger partial charge >= 0.3 is 39.5 Å². The number of hydrogen-bond acceptors (Lipinski definition) is 15. The van der Waals surface area contributed by atoms with Crippen molar-refractivity contribution in [2.45, 2.75) is 380 Å². The first-order valence-corrected chi connectivity index (χ1v) is 39.6. The minimum absolute atomic E-state index is 0.107. The normalized spacial score (nSPS) is 14.1. The average Bonchev–Trinajstić information content (AvgIpc) is 3.52. The SMILES string of the molecule is CCCCCCCCCCCCCCCC(=O)OC[C@H](COP(=O)(O)OC[C@@H](O)COP(=O)(O)OC[C@@H](COC(=O)CCCCCCCCCCC)OC(=O)CCCCCCCCCCCCC)OC(=O)CCCCCCCCCCCCCCCC(C)C. The van der Waals surface area contributed by atoms with E-state index in [0.717, 1.165) is 95.8 Å². The molecular formula is C70H136O17P2. The predicted octanol–water partition coefficient (Wildman–Crippen LogP) is 20.1. The fourth-order valence-electron chi connectivity index (χ4n) is 10.6. The summed E-state index contributed by atoms with van der Waals surface area (Å²) < 4.78 is 68.2. The average molecular weight is 1310 g/mol. The zero-order valence-electron chi connectivity index (χ0n) is 57.6. The van der Waals surface area contributed by atoms with Crippen molar-refractivity contribution in [2.75, 3.05) is 39.6 Å². The molecule has 0 aliphatic carbocycles. The zero-order valence-corrected chi connectivity index (χ0v) is 59.4. The number of carbonyl (C=O) groups is 4. The monoisotopic (exact) mass is 1310 g/mol. The first-order chi connectivity index (χ1) is 43.0. The summed E-state index contributed by atoms with van der Waals surface area (Å²) in [7, 11) is -9.90. The fraction of sp³-hybridized carbons (Fsp3) is 0.943. The van der Waals surface area contributed by atoms with E-state index in [9.17, 15) is 43.2 Å². The summed E-state index contributed by atoms with van der Waals surface area (Å²) in [4.78, 5) is 72.5. The molecule has 0 saturated carbocycles. The van der Waals surface area contributed by atoms with Crippen molar-refractivity contribution in [3.63, 3.8) is 0 Å². The Bertz CT molecular complexity index is 1720. The molecule has 0 saturated heterocycles. The number of unbranched alkanes of at least 4 members (excludes halogenated alkanes) is 42. The summed E-state index contributed by atoms with van der Waals surface area (Å²) in [5, 5.41) is 10.6. The highest BCUT2D eigenvalue weighted by atomic mass is 31.2. The van der Waals surface area contributed by atoms with E-state index in [2.05, 4.69) is 34.6 Å². The Kier molecular flexibility index (Phi) is 62.1. The molecule has 19 heteroatoms. The Morgan fingerprint density at radius 3 is 0.764 bits per heavy atom. The quantitative estimate of drug-likeness (QED) is 0.0222. The van der Waals surface area contributed by atoms with Crippen LogP contribution in [0.15, 0.2) is 0 Å². The maximum atomic E-state index is 13.0. The van der Waals surface area contributed by atoms with E-state index < -0.39 is 97.5 Å². The molecule has 0 amide bonds. The minimum atomic E-state index is -4.95. The second kappa shape index (κ2) is 63.5. The maximum Gasteiger partial charge on any atom is 0.472 e. The number of aliphatic hydroxyl groups is 1. The maximum absolute atomic E-state index is 13.0. The first-order valence-electron chi connectivity index (χ1n) is 36.6. The largest absolute Gasteiger partial charge is 0.472 e. The van der Waals surface area contributed by atoms with Crippen molar-refractivity contribution in [1.82, 2.24) is 0 Å². The van der Waals surface area contributed by atoms with Crippen LogP contribution in [0.4, 0.5) is 0 Å². The molecule has 0 rings (SSSR count). The van der Waals surface area contributed by atoms with Crippen molar-refractivity contribution in [2.24, 2.45) is 5.92 Å². The van der Waals surface area contributed by atoms with Gasteiger partial charge < -0.3 is 33.8 Å². The number of rotatable bonds is 70. The number of hydrogen-bond donors (Lipinski definition) is 3. The van der Waals surface area contributed by atoms with Crippen LogP contribution >= 0.6 is 15.6 Å². The number of ether oxygens (including phenoxy) is 4. The standard InChI is InChI=1S/C70H136O17P2/c1-6-9-12-15-18-21-23-25-30-34-39-44-49-54-68(73)81-60-66(87-70(75)56-51-46-41-36-31-27-24-26-29-33-37-42-47-52-63(4)5)62-85-89(78,79)83-58-64(71)57-82-88(76,77)84-61-65(59-80-67(72)53-48-43-38-32-20-17-14-11-8-3)86-69(74)55-50-45-40-35-28-22-19-16-13-10-7-2/h63-66,71H,6-62H2,1-5H3,(H,76,77)(H,78,79)/t64-,65+,66+/m0/s1. The molecule has 0 aromatic rings. The van der Waals surface area contributed by atoms with E-state index in [1.807, 2.05) is 0 Å². The van der Waals surface area contributed by atoms with Gasteiger partial charge in [0.15, 0.2) is 12.2 Å². The van der Waals surface area contributed by atoms with E-state index >= 15 is 0 Å². The van der Waals surface area contributed by atoms with Gasteiger partial charge in [-0.3, -0.25) is 37.3 Å². The van der Waals surface area contributed by atoms with Crippen molar-refractivity contribution in [3.05, 3.63) is 0 Å². The topological polar surface area (TPSA) is 237 Å². The van der Waals surface area contributed by atoms with Gasteiger partial charge in [-0.05, 0) is 31.6 Å². The van der Waals surface area contributed by atoms with Crippen LogP contribution in [0.1, 0.15) is 362 Å². The third kappa shape index (κ3) is 64.6. The Morgan fingerprint density at radius 2 is 0.517 bits per heavy atom. The smallest absolute Gasteiger partial charge is 0.462 e. The lowest BCUT2D eigenvalue weighted by atomic mass is 10.0. The second-order valence-electron chi connectivity index (χ2n) is 25.7. The summed E-state index contributed by atoms with van der Waals surface area (Å²) in [6, 6.07) is 0. The van der Waals surface area contributed by atoms with E-state index in [1.165, 1.54) is 186 Å². The molecule has 0 aliphatic rings. The van der Waals surface area contributed by atoms with Gasteiger partial charge in [0.05, 0.1) is 26.4 Å². The van der Waals surface area contributed by atoms with E-state index in [4.69, 9.17) is 37.0 Å². The molecule has 5 atom stereocenters. The molecule has 0 bridgehead atoms. The van der Waals surface area contributed by atoms with Crippen molar-refractivity contribution in [3.8, 4) is 0 Å². The summed E-state index contributed by atoms with van der Waals surface area (Å²) >= 11 is 0. The van der Waals surface area contributed by atoms with Gasteiger partial charge in [0.25, 0.3) is 0 Å². The molecule has 0 heterocycles. The van der Waals surface area contributed by atoms with Crippen molar-refractivity contribution >= 4 is 39.5 Å². The van der Waals surface area contributed by atoms with Crippen LogP contribution in [-0.2, 0) is 65.4 Å². The van der Waals surface area contributed by atoms with Crippen LogP contribution in [-0.4, -0.2) is 96.7 Å². The highest BCUT2D eigenvalue weighted by Gasteiger charge is 2.30. The number of carbonyl (C=O) groups excluding carboxylic acids is 4. The van der Waals surface area contributed by atoms with E-state index in [0.29, 0.717) is 25.7 Å². The molecule has 2 unspecified atom stereocenters. The lowest BCUT2D eigenvalue weighted by molar-refractivity contribution is -0.161. The molecule has 0 radical (unpaired) electrons. The summed E-state index contributed by atoms with van der Waals surface area (Å²) in [6.45, 7) is 7.25. The Balaban J connectivity index is 5.23. The predicted molar refractivity (Wildman–Crippen MR) is 358 cm³/mol. The lowest BCUT2D eigenvalue weighted by Gasteiger charge is -2.21. The van der Waals surface area contributed by atoms with Crippen LogP contribution in [0.5, 0.6) is 0 Å². The van der Waals surface area contributed by atoms with Crippen LogP contribution in [0.3, 0.4) is 0 Å². The van der Waals surface area contributed by atoms with Crippen LogP contribution in [0, 0.1) is 5.92 Å². The Labute approximate surface area is 543 Å². The minimum Gasteiger partial charge on any atom is -0.462 e. The molecule has 0 fully saturated rings. The molecule has 0 spiro atoms. The molecule has 0 aromatic heterocycles. The molecule has 528 valence electrons. The van der Waals surface area contributed by atoms with Crippen LogP contribution < -0.4 is 0 Å². The summed E-state index contributed by atoms with van der Waals surface area (Å²) in [6.07, 6.45) is 49.8. The lowest BCUT2D eigenvalue weighted by Crippen LogP contribution is -2.30. The van der Waals surface area contributed by atoms with Gasteiger partial charge in [0.1, 0.15) is 19.3 Å². The zero-order chi connectivity index (χ0) is 65.6. The Hall–Kier alpha value is -1.94. The molecule has 0 aromatic carbocycles. The van der Waals surface area contributed by atoms with Gasteiger partial charge in [-0.1, -0.05) is 311 Å². The number of esters is 4. The van der Waals surface area contributed by atoms with E-state index in [1.54, 1.807) is 0 Å². The third-order valence-electron chi connectivity index (χ3n) is 16.3. The molecule has 3 N–H and O–H groups in total. The first kappa shape index (κ1) is 87.1. The van der Waals surface area contributed by atoms with E-state index in [-0.39, 0.29) is 25.7 Å². The fourth-order valence-corrected chi connectivity index (χ4v) is 12.2. The van der Waals surface area contributed by atoms with Crippen LogP contribution in [0.2, 0.25) is 0 Å². The summed E-state index contributed by atoms with van der Waals surface area (Å²) in [5.74, 6) is -1.33. The van der Waals surface area contributed by atoms with Gasteiger partial charge in [-0.2, -0.15) is 0 Å². The van der Waals surface area contributed by atoms with Gasteiger partial charge in [-0.15, -0.1) is 0 Å². The van der Waals surface area contributed by atoms with Crippen molar-refractivity contribution in [1.29, 1.82) is 0 Å².